The van der Waals surface area contributed by atoms with Gasteiger partial charge in [0.05, 0.1) is 24.2 Å². The molecule has 2 heterocycles. The van der Waals surface area contributed by atoms with E-state index in [0.29, 0.717) is 0 Å². The lowest BCUT2D eigenvalue weighted by atomic mass is 10.5. The molecule has 0 radical (unpaired) electrons. The molecule has 2 rings (SSSR count). The Hall–Kier alpha value is -2.70. The summed E-state index contributed by atoms with van der Waals surface area (Å²) < 4.78 is 4.85. The van der Waals surface area contributed by atoms with Gasteiger partial charge < -0.3 is 9.40 Å². The van der Waals surface area contributed by atoms with Crippen LogP contribution in [0.4, 0.5) is 5.88 Å². The fourth-order valence-electron chi connectivity index (χ4n) is 1.12. The Kier molecular flexibility index (Phi) is 3.10. The molecular formula is C10H8N4O3. The molecule has 7 heteroatoms. The summed E-state index contributed by atoms with van der Waals surface area (Å²) in [5.41, 5.74) is 0.813. The van der Waals surface area contributed by atoms with Crippen molar-refractivity contribution in [2.75, 3.05) is 0 Å². The van der Waals surface area contributed by atoms with Gasteiger partial charge in [0.25, 0.3) is 0 Å². The van der Waals surface area contributed by atoms with Crippen LogP contribution in [0.5, 0.6) is 0 Å². The average molecular weight is 232 g/mol. The van der Waals surface area contributed by atoms with Crippen LogP contribution in [-0.2, 0) is 0 Å². The van der Waals surface area contributed by atoms with E-state index in [-0.39, 0.29) is 11.6 Å². The van der Waals surface area contributed by atoms with Crippen molar-refractivity contribution in [1.29, 1.82) is 0 Å². The number of aromatic amines is 1. The van der Waals surface area contributed by atoms with Crippen LogP contribution in [-0.4, -0.2) is 22.3 Å². The number of nitro groups is 1. The second-order valence-electron chi connectivity index (χ2n) is 3.05. The van der Waals surface area contributed by atoms with Gasteiger partial charge in [0.1, 0.15) is 4.92 Å². The summed E-state index contributed by atoms with van der Waals surface area (Å²) >= 11 is 0. The van der Waals surface area contributed by atoms with Crippen molar-refractivity contribution in [3.63, 3.8) is 0 Å². The molecule has 0 saturated carbocycles. The fourth-order valence-corrected chi connectivity index (χ4v) is 1.12. The van der Waals surface area contributed by atoms with E-state index < -0.39 is 4.92 Å². The highest BCUT2D eigenvalue weighted by Crippen LogP contribution is 2.13. The Balaban J connectivity index is 1.98. The number of rotatable bonds is 4. The van der Waals surface area contributed by atoms with E-state index in [9.17, 15) is 10.1 Å². The average Bonchev–Trinajstić information content (AvgIpc) is 2.96. The van der Waals surface area contributed by atoms with E-state index in [1.807, 2.05) is 12.1 Å². The van der Waals surface area contributed by atoms with Gasteiger partial charge >= 0.3 is 5.88 Å². The molecule has 0 fully saturated rings. The van der Waals surface area contributed by atoms with E-state index in [4.69, 9.17) is 4.42 Å². The van der Waals surface area contributed by atoms with Gasteiger partial charge in [0.2, 0.25) is 0 Å². The quantitative estimate of drug-likeness (QED) is 0.495. The highest BCUT2D eigenvalue weighted by atomic mass is 16.6. The van der Waals surface area contributed by atoms with Crippen LogP contribution < -0.4 is 0 Å². The summed E-state index contributed by atoms with van der Waals surface area (Å²) in [4.78, 5) is 12.6. The van der Waals surface area contributed by atoms with Crippen LogP contribution in [0.2, 0.25) is 0 Å². The lowest BCUT2D eigenvalue weighted by Crippen LogP contribution is -1.83. The maximum absolute atomic E-state index is 10.3. The Morgan fingerprint density at radius 2 is 2.12 bits per heavy atom. The minimum atomic E-state index is -0.612. The number of hydrogen-bond acceptors (Lipinski definition) is 5. The molecule has 86 valence electrons. The molecular weight excluding hydrogens is 224 g/mol. The number of nitrogens with one attached hydrogen (secondary N) is 1. The largest absolute Gasteiger partial charge is 0.433 e. The molecule has 0 bridgehead atoms. The highest BCUT2D eigenvalue weighted by molar-refractivity contribution is 5.79. The third-order valence-electron chi connectivity index (χ3n) is 1.86. The molecule has 0 saturated heterocycles. The molecule has 0 spiro atoms. The SMILES string of the molecule is O=[N+]([O-])c1ccc(/C=N/N=C/c2ccc[nH]2)o1. The molecule has 0 aliphatic carbocycles. The number of hydrogen-bond donors (Lipinski definition) is 1. The summed E-state index contributed by atoms with van der Waals surface area (Å²) in [6.07, 6.45) is 4.58. The molecule has 0 aliphatic rings. The van der Waals surface area contributed by atoms with Gasteiger partial charge in [-0.1, -0.05) is 0 Å². The second-order valence-corrected chi connectivity index (χ2v) is 3.05. The Morgan fingerprint density at radius 3 is 2.76 bits per heavy atom. The predicted molar refractivity (Wildman–Crippen MR) is 61.3 cm³/mol. The van der Waals surface area contributed by atoms with Crippen molar-refractivity contribution in [2.24, 2.45) is 10.2 Å². The van der Waals surface area contributed by atoms with Gasteiger partial charge in [-0.15, -0.1) is 0 Å². The van der Waals surface area contributed by atoms with Crippen molar-refractivity contribution in [3.8, 4) is 0 Å². The first-order valence-electron chi connectivity index (χ1n) is 4.70. The lowest BCUT2D eigenvalue weighted by molar-refractivity contribution is -0.402. The standard InChI is InChI=1S/C10H8N4O3/c15-14(16)10-4-3-9(17-10)7-13-12-6-8-2-1-5-11-8/h1-7,11H/b12-6+,13-7+. The lowest BCUT2D eigenvalue weighted by Gasteiger charge is -1.82. The Morgan fingerprint density at radius 1 is 1.29 bits per heavy atom. The molecule has 0 unspecified atom stereocenters. The van der Waals surface area contributed by atoms with Crippen LogP contribution >= 0.6 is 0 Å². The monoisotopic (exact) mass is 232 g/mol. The Labute approximate surface area is 95.6 Å². The summed E-state index contributed by atoms with van der Waals surface area (Å²) in [7, 11) is 0. The molecule has 0 aliphatic heterocycles. The first kappa shape index (κ1) is 10.8. The van der Waals surface area contributed by atoms with Crippen molar-refractivity contribution < 1.29 is 9.34 Å². The van der Waals surface area contributed by atoms with Gasteiger partial charge in [0.15, 0.2) is 5.76 Å². The summed E-state index contributed by atoms with van der Waals surface area (Å²) in [5.74, 6) is -0.0415. The third kappa shape index (κ3) is 2.88. The van der Waals surface area contributed by atoms with Crippen molar-refractivity contribution in [2.45, 2.75) is 0 Å². The molecule has 2 aromatic rings. The minimum absolute atomic E-state index is 0.278. The van der Waals surface area contributed by atoms with E-state index in [0.717, 1.165) is 5.69 Å². The van der Waals surface area contributed by atoms with E-state index in [2.05, 4.69) is 15.2 Å². The van der Waals surface area contributed by atoms with Crippen molar-refractivity contribution in [1.82, 2.24) is 4.98 Å². The van der Waals surface area contributed by atoms with E-state index in [1.165, 1.54) is 24.6 Å². The molecule has 0 aromatic carbocycles. The normalized spacial score (nSPS) is 11.5. The molecule has 0 atom stereocenters. The van der Waals surface area contributed by atoms with Gasteiger partial charge in [-0.2, -0.15) is 10.2 Å². The van der Waals surface area contributed by atoms with Crippen LogP contribution in [0.3, 0.4) is 0 Å². The summed E-state index contributed by atoms with van der Waals surface area (Å²) in [5, 5.41) is 17.8. The Bertz CT molecular complexity index is 554. The highest BCUT2D eigenvalue weighted by Gasteiger charge is 2.09. The molecule has 17 heavy (non-hydrogen) atoms. The first-order chi connectivity index (χ1) is 8.25. The number of nitrogens with zero attached hydrogens (tertiary/aromatic N) is 3. The molecule has 0 amide bonds. The van der Waals surface area contributed by atoms with Crippen molar-refractivity contribution >= 4 is 18.3 Å². The van der Waals surface area contributed by atoms with Gasteiger partial charge in [0, 0.05) is 6.20 Å². The predicted octanol–water partition coefficient (Wildman–Crippen LogP) is 1.97. The zero-order valence-electron chi connectivity index (χ0n) is 8.61. The molecule has 1 N–H and O–H groups in total. The first-order valence-corrected chi connectivity index (χ1v) is 4.70. The third-order valence-corrected chi connectivity index (χ3v) is 1.86. The smallest absolute Gasteiger partial charge is 0.400 e. The van der Waals surface area contributed by atoms with Crippen LogP contribution in [0.15, 0.2) is 45.1 Å². The fraction of sp³-hybridized carbons (Fsp3) is 0. The van der Waals surface area contributed by atoms with Gasteiger partial charge in [-0.3, -0.25) is 10.1 Å². The zero-order chi connectivity index (χ0) is 12.1. The van der Waals surface area contributed by atoms with Crippen LogP contribution in [0, 0.1) is 10.1 Å². The maximum atomic E-state index is 10.3. The van der Waals surface area contributed by atoms with E-state index >= 15 is 0 Å². The topological polar surface area (TPSA) is 96.8 Å². The van der Waals surface area contributed by atoms with Crippen LogP contribution in [0.1, 0.15) is 11.5 Å². The van der Waals surface area contributed by atoms with Crippen LogP contribution in [0.25, 0.3) is 0 Å². The number of aromatic nitrogens is 1. The zero-order valence-corrected chi connectivity index (χ0v) is 8.61. The summed E-state index contributed by atoms with van der Waals surface area (Å²) in [6.45, 7) is 0. The van der Waals surface area contributed by atoms with Gasteiger partial charge in [-0.25, -0.2) is 0 Å². The maximum Gasteiger partial charge on any atom is 0.433 e. The summed E-state index contributed by atoms with van der Waals surface area (Å²) in [6, 6.07) is 6.37. The van der Waals surface area contributed by atoms with Gasteiger partial charge in [-0.05, 0) is 18.2 Å². The number of H-pyrrole nitrogens is 1. The second kappa shape index (κ2) is 4.88. The minimum Gasteiger partial charge on any atom is -0.400 e. The van der Waals surface area contributed by atoms with E-state index in [1.54, 1.807) is 6.20 Å². The van der Waals surface area contributed by atoms with Crippen molar-refractivity contribution in [3.05, 3.63) is 52.0 Å². The molecule has 2 aromatic heterocycles. The molecule has 7 nitrogen and oxygen atoms in total. The number of furan rings is 1.